The molecule has 0 amide bonds. The first-order valence-electron chi connectivity index (χ1n) is 6.28. The molecule has 0 spiro atoms. The fourth-order valence-corrected chi connectivity index (χ4v) is 2.25. The smallest absolute Gasteiger partial charge is 0.0991 e. The van der Waals surface area contributed by atoms with Gasteiger partial charge in [0.25, 0.3) is 0 Å². The van der Waals surface area contributed by atoms with Crippen LogP contribution in [0, 0.1) is 18.3 Å². The quantitative estimate of drug-likeness (QED) is 0.897. The maximum atomic E-state index is 10.1. The Morgan fingerprint density at radius 1 is 1.25 bits per heavy atom. The Balaban J connectivity index is 2.02. The number of hydrogen-bond acceptors (Lipinski definition) is 3. The molecule has 0 bridgehead atoms. The normalized spacial score (nSPS) is 11.7. The van der Waals surface area contributed by atoms with Gasteiger partial charge in [0.1, 0.15) is 0 Å². The van der Waals surface area contributed by atoms with E-state index in [0.717, 1.165) is 21.3 Å². The molecular formula is C16H15BrN2O. The first-order chi connectivity index (χ1) is 9.60. The Bertz CT molecular complexity index is 632. The van der Waals surface area contributed by atoms with Crippen molar-refractivity contribution in [3.8, 4) is 6.07 Å². The van der Waals surface area contributed by atoms with Gasteiger partial charge >= 0.3 is 0 Å². The average Bonchev–Trinajstić information content (AvgIpc) is 2.48. The van der Waals surface area contributed by atoms with Gasteiger partial charge in [-0.2, -0.15) is 5.26 Å². The van der Waals surface area contributed by atoms with Crippen LogP contribution in [0.3, 0.4) is 0 Å². The summed E-state index contributed by atoms with van der Waals surface area (Å²) in [7, 11) is 0. The summed E-state index contributed by atoms with van der Waals surface area (Å²) >= 11 is 3.43. The molecular weight excluding hydrogens is 316 g/mol. The molecule has 1 unspecified atom stereocenters. The fourth-order valence-electron chi connectivity index (χ4n) is 1.89. The van der Waals surface area contributed by atoms with Crippen LogP contribution in [0.1, 0.15) is 22.8 Å². The van der Waals surface area contributed by atoms with E-state index in [1.165, 1.54) is 0 Å². The van der Waals surface area contributed by atoms with Crippen LogP contribution in [0.25, 0.3) is 0 Å². The summed E-state index contributed by atoms with van der Waals surface area (Å²) in [5.74, 6) is 0. The zero-order valence-corrected chi connectivity index (χ0v) is 12.7. The lowest BCUT2D eigenvalue weighted by atomic mass is 10.1. The highest BCUT2D eigenvalue weighted by molar-refractivity contribution is 9.10. The molecule has 0 aromatic heterocycles. The molecule has 0 saturated heterocycles. The van der Waals surface area contributed by atoms with Crippen LogP contribution in [0.4, 0.5) is 5.69 Å². The summed E-state index contributed by atoms with van der Waals surface area (Å²) < 4.78 is 0.999. The zero-order chi connectivity index (χ0) is 14.5. The zero-order valence-electron chi connectivity index (χ0n) is 11.1. The van der Waals surface area contributed by atoms with Gasteiger partial charge in [-0.1, -0.05) is 34.1 Å². The van der Waals surface area contributed by atoms with Gasteiger partial charge in [0.15, 0.2) is 0 Å². The first kappa shape index (κ1) is 14.6. The van der Waals surface area contributed by atoms with Gasteiger partial charge in [-0.25, -0.2) is 0 Å². The SMILES string of the molecule is Cc1ccc(Br)cc1NCC(O)c1ccc(C#N)cc1. The number of aryl methyl sites for hydroxylation is 1. The third-order valence-electron chi connectivity index (χ3n) is 3.11. The molecule has 0 aliphatic rings. The molecule has 2 rings (SSSR count). The van der Waals surface area contributed by atoms with Crippen LogP contribution in [0.5, 0.6) is 0 Å². The predicted octanol–water partition coefficient (Wildman–Crippen LogP) is 3.77. The number of nitriles is 1. The van der Waals surface area contributed by atoms with Gasteiger partial charge in [-0.3, -0.25) is 0 Å². The van der Waals surface area contributed by atoms with Crippen LogP contribution >= 0.6 is 15.9 Å². The topological polar surface area (TPSA) is 56.0 Å². The second-order valence-electron chi connectivity index (χ2n) is 4.59. The third-order valence-corrected chi connectivity index (χ3v) is 3.60. The Hall–Kier alpha value is -1.83. The van der Waals surface area contributed by atoms with Crippen molar-refractivity contribution in [2.45, 2.75) is 13.0 Å². The van der Waals surface area contributed by atoms with Crippen LogP contribution in [0.15, 0.2) is 46.9 Å². The number of aliphatic hydroxyl groups excluding tert-OH is 1. The molecule has 0 aliphatic carbocycles. The van der Waals surface area contributed by atoms with E-state index in [0.29, 0.717) is 12.1 Å². The molecule has 0 heterocycles. The summed E-state index contributed by atoms with van der Waals surface area (Å²) in [4.78, 5) is 0. The molecule has 0 aliphatic heterocycles. The van der Waals surface area contributed by atoms with E-state index in [1.807, 2.05) is 25.1 Å². The average molecular weight is 331 g/mol. The Morgan fingerprint density at radius 2 is 1.95 bits per heavy atom. The minimum absolute atomic E-state index is 0.420. The molecule has 4 heteroatoms. The number of anilines is 1. The minimum atomic E-state index is -0.610. The lowest BCUT2D eigenvalue weighted by molar-refractivity contribution is 0.191. The van der Waals surface area contributed by atoms with E-state index >= 15 is 0 Å². The van der Waals surface area contributed by atoms with E-state index in [4.69, 9.17) is 5.26 Å². The molecule has 2 aromatic rings. The highest BCUT2D eigenvalue weighted by Crippen LogP contribution is 2.22. The van der Waals surface area contributed by atoms with E-state index in [-0.39, 0.29) is 0 Å². The summed E-state index contributed by atoms with van der Waals surface area (Å²) in [5.41, 5.74) is 3.51. The van der Waals surface area contributed by atoms with Gasteiger partial charge < -0.3 is 10.4 Å². The first-order valence-corrected chi connectivity index (χ1v) is 7.07. The number of hydrogen-bond donors (Lipinski definition) is 2. The van der Waals surface area contributed by atoms with Crippen molar-refractivity contribution < 1.29 is 5.11 Å². The molecule has 20 heavy (non-hydrogen) atoms. The Kier molecular flexibility index (Phi) is 4.78. The van der Waals surface area contributed by atoms with E-state index in [1.54, 1.807) is 24.3 Å². The van der Waals surface area contributed by atoms with Gasteiger partial charge in [0.2, 0.25) is 0 Å². The third kappa shape index (κ3) is 3.60. The van der Waals surface area contributed by atoms with Crippen molar-refractivity contribution in [3.63, 3.8) is 0 Å². The summed E-state index contributed by atoms with van der Waals surface area (Å²) in [6, 6.07) is 15.0. The van der Waals surface area contributed by atoms with Gasteiger partial charge in [-0.15, -0.1) is 0 Å². The van der Waals surface area contributed by atoms with Crippen molar-refractivity contribution in [2.24, 2.45) is 0 Å². The lowest BCUT2D eigenvalue weighted by Gasteiger charge is -2.15. The molecule has 0 radical (unpaired) electrons. The van der Waals surface area contributed by atoms with Gasteiger partial charge in [-0.05, 0) is 42.3 Å². The predicted molar refractivity (Wildman–Crippen MR) is 83.5 cm³/mol. The van der Waals surface area contributed by atoms with Crippen molar-refractivity contribution >= 4 is 21.6 Å². The fraction of sp³-hybridized carbons (Fsp3) is 0.188. The van der Waals surface area contributed by atoms with Crippen molar-refractivity contribution in [1.29, 1.82) is 5.26 Å². The summed E-state index contributed by atoms with van der Waals surface area (Å²) in [6.45, 7) is 2.44. The van der Waals surface area contributed by atoms with Crippen LogP contribution in [-0.2, 0) is 0 Å². The maximum absolute atomic E-state index is 10.1. The number of rotatable bonds is 4. The second kappa shape index (κ2) is 6.56. The summed E-state index contributed by atoms with van der Waals surface area (Å²) in [5, 5.41) is 22.1. The molecule has 2 aromatic carbocycles. The molecule has 1 atom stereocenters. The Labute approximate surface area is 127 Å². The second-order valence-corrected chi connectivity index (χ2v) is 5.51. The number of nitrogens with one attached hydrogen (secondary N) is 1. The molecule has 0 fully saturated rings. The van der Waals surface area contributed by atoms with E-state index in [9.17, 15) is 5.11 Å². The molecule has 102 valence electrons. The van der Waals surface area contributed by atoms with E-state index < -0.39 is 6.10 Å². The molecule has 2 N–H and O–H groups in total. The highest BCUT2D eigenvalue weighted by Gasteiger charge is 2.08. The van der Waals surface area contributed by atoms with Crippen LogP contribution in [-0.4, -0.2) is 11.7 Å². The minimum Gasteiger partial charge on any atom is -0.387 e. The largest absolute Gasteiger partial charge is 0.387 e. The van der Waals surface area contributed by atoms with Crippen LogP contribution in [0.2, 0.25) is 0 Å². The lowest BCUT2D eigenvalue weighted by Crippen LogP contribution is -2.12. The maximum Gasteiger partial charge on any atom is 0.0991 e. The van der Waals surface area contributed by atoms with Crippen LogP contribution < -0.4 is 5.32 Å². The molecule has 3 nitrogen and oxygen atoms in total. The Morgan fingerprint density at radius 3 is 2.60 bits per heavy atom. The van der Waals surface area contributed by atoms with E-state index in [2.05, 4.69) is 27.3 Å². The number of benzene rings is 2. The van der Waals surface area contributed by atoms with Crippen molar-refractivity contribution in [3.05, 3.63) is 63.6 Å². The van der Waals surface area contributed by atoms with Crippen molar-refractivity contribution in [2.75, 3.05) is 11.9 Å². The number of halogens is 1. The monoisotopic (exact) mass is 330 g/mol. The summed E-state index contributed by atoms with van der Waals surface area (Å²) in [6.07, 6.45) is -0.610. The highest BCUT2D eigenvalue weighted by atomic mass is 79.9. The van der Waals surface area contributed by atoms with Crippen molar-refractivity contribution in [1.82, 2.24) is 0 Å². The number of aliphatic hydroxyl groups is 1. The standard InChI is InChI=1S/C16H15BrN2O/c1-11-2-7-14(17)8-15(11)19-10-16(20)13-5-3-12(9-18)4-6-13/h2-8,16,19-20H,10H2,1H3. The van der Waals surface area contributed by atoms with Gasteiger partial charge in [0.05, 0.1) is 17.7 Å². The molecule has 0 saturated carbocycles. The number of nitrogens with zero attached hydrogens (tertiary/aromatic N) is 1. The van der Waals surface area contributed by atoms with Gasteiger partial charge in [0, 0.05) is 16.7 Å².